The molecule has 0 radical (unpaired) electrons. The van der Waals surface area contributed by atoms with Gasteiger partial charge in [-0.25, -0.2) is 18.4 Å². The molecule has 0 spiro atoms. The molecular formula is C19H17F3N4O3S2. The van der Waals surface area contributed by atoms with Crippen LogP contribution >= 0.6 is 11.3 Å². The smallest absolute Gasteiger partial charge is 0.406 e. The van der Waals surface area contributed by atoms with Gasteiger partial charge in [0.15, 0.2) is 15.0 Å². The van der Waals surface area contributed by atoms with Gasteiger partial charge in [0.1, 0.15) is 23.6 Å². The number of nitrogens with one attached hydrogen (secondary N) is 1. The van der Waals surface area contributed by atoms with E-state index in [1.807, 2.05) is 0 Å². The topological polar surface area (TPSA) is 86.1 Å². The van der Waals surface area contributed by atoms with Gasteiger partial charge < -0.3 is 14.6 Å². The Kier molecular flexibility index (Phi) is 5.09. The molecule has 2 aromatic carbocycles. The van der Waals surface area contributed by atoms with E-state index >= 15 is 0 Å². The number of benzene rings is 2. The number of halogens is 3. The molecule has 31 heavy (non-hydrogen) atoms. The number of fused-ring (bicyclic) bond motifs is 3. The van der Waals surface area contributed by atoms with Crippen LogP contribution in [0.15, 0.2) is 35.2 Å². The van der Waals surface area contributed by atoms with Gasteiger partial charge in [-0.3, -0.25) is 0 Å². The van der Waals surface area contributed by atoms with Crippen LogP contribution in [-0.2, 0) is 16.4 Å². The van der Waals surface area contributed by atoms with Crippen LogP contribution in [0.2, 0.25) is 0 Å². The molecule has 2 aromatic heterocycles. The lowest BCUT2D eigenvalue weighted by Crippen LogP contribution is -2.18. The van der Waals surface area contributed by atoms with Crippen molar-refractivity contribution < 1.29 is 26.3 Å². The molecule has 0 aliphatic rings. The zero-order chi connectivity index (χ0) is 22.6. The second kappa shape index (κ2) is 7.38. The summed E-state index contributed by atoms with van der Waals surface area (Å²) < 4.78 is 70.1. The van der Waals surface area contributed by atoms with E-state index in [0.29, 0.717) is 37.8 Å². The van der Waals surface area contributed by atoms with Crippen LogP contribution in [0.3, 0.4) is 0 Å². The number of methoxy groups -OCH3 is 1. The fourth-order valence-electron chi connectivity index (χ4n) is 3.28. The van der Waals surface area contributed by atoms with Gasteiger partial charge in [0.25, 0.3) is 0 Å². The summed E-state index contributed by atoms with van der Waals surface area (Å²) in [7, 11) is -2.00. The number of hydrogen-bond acceptors (Lipinski definition) is 7. The summed E-state index contributed by atoms with van der Waals surface area (Å²) in [5.74, 6) is 0.639. The van der Waals surface area contributed by atoms with Crippen molar-refractivity contribution in [1.29, 1.82) is 0 Å². The van der Waals surface area contributed by atoms with Crippen molar-refractivity contribution in [2.75, 3.05) is 18.7 Å². The first-order chi connectivity index (χ1) is 14.5. The van der Waals surface area contributed by atoms with E-state index in [0.717, 1.165) is 10.8 Å². The first-order valence-corrected chi connectivity index (χ1v) is 11.7. The zero-order valence-corrected chi connectivity index (χ0v) is 18.2. The minimum Gasteiger partial charge on any atom is -0.495 e. The standard InChI is InChI=1S/C19H17F3N4O3S2/c1-10-23-12-5-7-15-16(17(12)26(10)9-19(20,21)22)25-18(30-15)24-13-8-11(31(3,27)28)4-6-14(13)29-2/h4-8H,9H2,1-3H3,(H,24,25). The number of aryl methyl sites for hydroxylation is 1. The first kappa shape index (κ1) is 21.4. The van der Waals surface area contributed by atoms with Gasteiger partial charge >= 0.3 is 6.18 Å². The first-order valence-electron chi connectivity index (χ1n) is 8.94. The number of ether oxygens (including phenoxy) is 1. The van der Waals surface area contributed by atoms with Crippen molar-refractivity contribution in [2.24, 2.45) is 0 Å². The van der Waals surface area contributed by atoms with Crippen molar-refractivity contribution in [1.82, 2.24) is 14.5 Å². The van der Waals surface area contributed by atoms with Crippen molar-refractivity contribution in [3.05, 3.63) is 36.2 Å². The molecule has 164 valence electrons. The maximum absolute atomic E-state index is 13.1. The largest absolute Gasteiger partial charge is 0.495 e. The Balaban J connectivity index is 1.83. The number of thiazole rings is 1. The molecule has 0 aliphatic heterocycles. The number of nitrogens with zero attached hydrogens (tertiary/aromatic N) is 3. The van der Waals surface area contributed by atoms with E-state index in [4.69, 9.17) is 4.74 Å². The average molecular weight is 470 g/mol. The third-order valence-corrected chi connectivity index (χ3v) is 6.68. The molecule has 0 saturated carbocycles. The highest BCUT2D eigenvalue weighted by atomic mass is 32.2. The Labute approximate surface area is 179 Å². The Hall–Kier alpha value is -2.86. The van der Waals surface area contributed by atoms with Crippen LogP contribution in [0.25, 0.3) is 21.3 Å². The van der Waals surface area contributed by atoms with Crippen LogP contribution in [0.4, 0.5) is 24.0 Å². The van der Waals surface area contributed by atoms with Gasteiger partial charge in [-0.1, -0.05) is 11.3 Å². The quantitative estimate of drug-likeness (QED) is 0.456. The van der Waals surface area contributed by atoms with Crippen molar-refractivity contribution in [2.45, 2.75) is 24.5 Å². The van der Waals surface area contributed by atoms with Gasteiger partial charge in [-0.05, 0) is 37.3 Å². The molecule has 7 nitrogen and oxygen atoms in total. The van der Waals surface area contributed by atoms with E-state index in [1.54, 1.807) is 12.1 Å². The molecule has 0 amide bonds. The molecule has 12 heteroatoms. The Morgan fingerprint density at radius 1 is 1.19 bits per heavy atom. The lowest BCUT2D eigenvalue weighted by atomic mass is 10.3. The normalized spacial score (nSPS) is 12.6. The number of aromatic nitrogens is 3. The summed E-state index contributed by atoms with van der Waals surface area (Å²) in [4.78, 5) is 8.80. The summed E-state index contributed by atoms with van der Waals surface area (Å²) in [5, 5.41) is 3.41. The number of hydrogen-bond donors (Lipinski definition) is 1. The summed E-state index contributed by atoms with van der Waals surface area (Å²) in [6, 6.07) is 7.78. The van der Waals surface area contributed by atoms with Crippen LogP contribution in [0, 0.1) is 6.92 Å². The summed E-state index contributed by atoms with van der Waals surface area (Å²) in [6.07, 6.45) is -3.31. The fourth-order valence-corrected chi connectivity index (χ4v) is 4.81. The third kappa shape index (κ3) is 4.17. The van der Waals surface area contributed by atoms with Crippen molar-refractivity contribution in [3.63, 3.8) is 0 Å². The summed E-state index contributed by atoms with van der Waals surface area (Å²) in [5.41, 5.74) is 1.48. The summed E-state index contributed by atoms with van der Waals surface area (Å²) >= 11 is 1.23. The lowest BCUT2D eigenvalue weighted by molar-refractivity contribution is -0.140. The van der Waals surface area contributed by atoms with Gasteiger partial charge in [0.2, 0.25) is 0 Å². The maximum atomic E-state index is 13.1. The molecular weight excluding hydrogens is 453 g/mol. The molecule has 1 N–H and O–H groups in total. The van der Waals surface area contributed by atoms with E-state index in [9.17, 15) is 21.6 Å². The molecule has 4 aromatic rings. The number of alkyl halides is 3. The average Bonchev–Trinajstić information content (AvgIpc) is 3.20. The van der Waals surface area contributed by atoms with E-state index in [-0.39, 0.29) is 10.7 Å². The molecule has 2 heterocycles. The Morgan fingerprint density at radius 2 is 1.94 bits per heavy atom. The SMILES string of the molecule is COc1ccc(S(C)(=O)=O)cc1Nc1nc2c(ccc3nc(C)n(CC(F)(F)F)c32)s1. The number of anilines is 2. The van der Waals surface area contributed by atoms with Crippen LogP contribution in [0.5, 0.6) is 5.75 Å². The van der Waals surface area contributed by atoms with Gasteiger partial charge in [0, 0.05) is 6.26 Å². The Morgan fingerprint density at radius 3 is 2.58 bits per heavy atom. The molecule has 4 rings (SSSR count). The van der Waals surface area contributed by atoms with Crippen molar-refractivity contribution in [3.8, 4) is 5.75 Å². The van der Waals surface area contributed by atoms with E-state index < -0.39 is 22.6 Å². The van der Waals surface area contributed by atoms with E-state index in [2.05, 4.69) is 15.3 Å². The second-order valence-electron chi connectivity index (χ2n) is 6.92. The number of sulfone groups is 1. The molecule has 0 aliphatic carbocycles. The fraction of sp³-hybridized carbons (Fsp3) is 0.263. The molecule has 0 bridgehead atoms. The molecule has 0 unspecified atom stereocenters. The molecule has 0 atom stereocenters. The predicted molar refractivity (Wildman–Crippen MR) is 113 cm³/mol. The van der Waals surface area contributed by atoms with Crippen LogP contribution in [0.1, 0.15) is 5.82 Å². The lowest BCUT2D eigenvalue weighted by Gasteiger charge is -2.11. The minimum absolute atomic E-state index is 0.0955. The van der Waals surface area contributed by atoms with Crippen LogP contribution < -0.4 is 10.1 Å². The molecule has 0 fully saturated rings. The van der Waals surface area contributed by atoms with E-state index in [1.165, 1.54) is 43.6 Å². The monoisotopic (exact) mass is 470 g/mol. The van der Waals surface area contributed by atoms with Gasteiger partial charge in [-0.2, -0.15) is 13.2 Å². The van der Waals surface area contributed by atoms with Gasteiger partial charge in [-0.15, -0.1) is 0 Å². The zero-order valence-electron chi connectivity index (χ0n) is 16.6. The third-order valence-electron chi connectivity index (χ3n) is 4.63. The minimum atomic E-state index is -4.41. The highest BCUT2D eigenvalue weighted by Crippen LogP contribution is 2.37. The highest BCUT2D eigenvalue weighted by molar-refractivity contribution is 7.90. The number of rotatable bonds is 5. The van der Waals surface area contributed by atoms with Crippen molar-refractivity contribution >= 4 is 53.2 Å². The van der Waals surface area contributed by atoms with Gasteiger partial charge in [0.05, 0.1) is 33.4 Å². The maximum Gasteiger partial charge on any atom is 0.406 e. The Bertz CT molecular complexity index is 1410. The predicted octanol–water partition coefficient (Wildman–Crippen LogP) is 4.67. The van der Waals surface area contributed by atoms with Crippen LogP contribution in [-0.4, -0.2) is 42.5 Å². The highest BCUT2D eigenvalue weighted by Gasteiger charge is 2.30. The second-order valence-corrected chi connectivity index (χ2v) is 9.97. The summed E-state index contributed by atoms with van der Waals surface area (Å²) in [6.45, 7) is 0.351. The molecule has 0 saturated heterocycles. The number of imidazole rings is 1.